The summed E-state index contributed by atoms with van der Waals surface area (Å²) in [7, 11) is 0. The first-order valence-electron chi connectivity index (χ1n) is 12.4. The number of fused-ring (bicyclic) bond motifs is 1. The molecular weight excluding hydrogens is 430 g/mol. The van der Waals surface area contributed by atoms with E-state index in [0.717, 1.165) is 49.4 Å². The molecule has 1 atom stereocenters. The minimum atomic E-state index is -0.0493. The molecule has 2 saturated heterocycles. The van der Waals surface area contributed by atoms with Gasteiger partial charge in [0, 0.05) is 48.9 Å². The lowest BCUT2D eigenvalue weighted by atomic mass is 10.0. The van der Waals surface area contributed by atoms with Gasteiger partial charge in [-0.05, 0) is 61.7 Å². The number of hydrogen-bond donors (Lipinski definition) is 1. The molecule has 0 aliphatic carbocycles. The topological polar surface area (TPSA) is 73.3 Å². The molecule has 0 unspecified atom stereocenters. The van der Waals surface area contributed by atoms with Crippen LogP contribution >= 0.6 is 0 Å². The van der Waals surface area contributed by atoms with Crippen LogP contribution in [0.25, 0.3) is 0 Å². The molecule has 2 aromatic carbocycles. The van der Waals surface area contributed by atoms with Gasteiger partial charge in [0.2, 0.25) is 5.91 Å². The summed E-state index contributed by atoms with van der Waals surface area (Å²) in [5.41, 5.74) is 3.57. The molecule has 0 radical (unpaired) electrons. The predicted molar refractivity (Wildman–Crippen MR) is 130 cm³/mol. The van der Waals surface area contributed by atoms with Gasteiger partial charge >= 0.3 is 0 Å². The number of nitrogens with zero attached hydrogens (tertiary/aromatic N) is 3. The quantitative estimate of drug-likeness (QED) is 0.737. The molecule has 0 aromatic heterocycles. The Kier molecular flexibility index (Phi) is 6.83. The molecule has 3 aliphatic rings. The van der Waals surface area contributed by atoms with Crippen LogP contribution < -0.4 is 9.64 Å². The van der Waals surface area contributed by atoms with E-state index in [1.807, 2.05) is 35.2 Å². The highest BCUT2D eigenvalue weighted by Crippen LogP contribution is 2.28. The summed E-state index contributed by atoms with van der Waals surface area (Å²) in [6.07, 6.45) is 4.79. The van der Waals surface area contributed by atoms with Crippen LogP contribution in [0.15, 0.2) is 42.5 Å². The number of aliphatic hydroxyl groups excluding tert-OH is 1. The van der Waals surface area contributed by atoms with Crippen molar-refractivity contribution in [3.63, 3.8) is 0 Å². The van der Waals surface area contributed by atoms with Crippen LogP contribution in [0.1, 0.15) is 53.6 Å². The Morgan fingerprint density at radius 3 is 2.79 bits per heavy atom. The van der Waals surface area contributed by atoms with Gasteiger partial charge in [0.05, 0.1) is 13.2 Å². The maximum atomic E-state index is 13.4. The zero-order valence-corrected chi connectivity index (χ0v) is 19.6. The SMILES string of the molecule is O=C(c1cccc(N2CCCC2=O)c1)N1CCOc2ccc(CN3CCCC[C@H]3CO)cc2C1. The third kappa shape index (κ3) is 4.81. The first-order valence-corrected chi connectivity index (χ1v) is 12.4. The smallest absolute Gasteiger partial charge is 0.254 e. The molecular formula is C27H33N3O4. The zero-order valence-electron chi connectivity index (χ0n) is 19.6. The van der Waals surface area contributed by atoms with Crippen molar-refractivity contribution in [2.75, 3.05) is 37.7 Å². The zero-order chi connectivity index (χ0) is 23.5. The molecule has 2 amide bonds. The molecule has 180 valence electrons. The lowest BCUT2D eigenvalue weighted by molar-refractivity contribution is -0.117. The molecule has 0 spiro atoms. The van der Waals surface area contributed by atoms with E-state index in [0.29, 0.717) is 38.2 Å². The number of likely N-dealkylation sites (tertiary alicyclic amines) is 1. The molecule has 3 aliphatic heterocycles. The van der Waals surface area contributed by atoms with Crippen molar-refractivity contribution in [3.05, 3.63) is 59.2 Å². The Labute approximate surface area is 200 Å². The monoisotopic (exact) mass is 463 g/mol. The third-order valence-electron chi connectivity index (χ3n) is 7.22. The Bertz CT molecular complexity index is 1060. The fourth-order valence-electron chi connectivity index (χ4n) is 5.34. The maximum Gasteiger partial charge on any atom is 0.254 e. The summed E-state index contributed by atoms with van der Waals surface area (Å²) in [5, 5.41) is 9.75. The summed E-state index contributed by atoms with van der Waals surface area (Å²) < 4.78 is 5.97. The van der Waals surface area contributed by atoms with Crippen LogP contribution in [0.5, 0.6) is 5.75 Å². The maximum absolute atomic E-state index is 13.4. The standard InChI is InChI=1S/C27H33N3O4/c31-19-24-6-1-2-11-28(24)17-20-9-10-25-22(15-20)18-29(13-14-34-25)27(33)21-5-3-7-23(16-21)30-12-4-8-26(30)32/h3,5,7,9-10,15-16,24,31H,1-2,4,6,8,11-14,17-19H2/t24-/m0/s1. The number of amides is 2. The number of carbonyl (C=O) groups excluding carboxylic acids is 2. The molecule has 0 saturated carbocycles. The van der Waals surface area contributed by atoms with Gasteiger partial charge in [0.25, 0.3) is 5.91 Å². The van der Waals surface area contributed by atoms with Gasteiger partial charge < -0.3 is 19.6 Å². The highest BCUT2D eigenvalue weighted by molar-refractivity contribution is 5.99. The predicted octanol–water partition coefficient (Wildman–Crippen LogP) is 3.20. The molecule has 0 bridgehead atoms. The van der Waals surface area contributed by atoms with Crippen molar-refractivity contribution in [3.8, 4) is 5.75 Å². The number of anilines is 1. The second-order valence-electron chi connectivity index (χ2n) is 9.52. The second kappa shape index (κ2) is 10.2. The number of benzene rings is 2. The third-order valence-corrected chi connectivity index (χ3v) is 7.22. The van der Waals surface area contributed by atoms with Gasteiger partial charge in [-0.2, -0.15) is 0 Å². The first kappa shape index (κ1) is 22.9. The summed E-state index contributed by atoms with van der Waals surface area (Å²) in [6, 6.07) is 13.9. The van der Waals surface area contributed by atoms with Crippen molar-refractivity contribution < 1.29 is 19.4 Å². The van der Waals surface area contributed by atoms with E-state index in [1.54, 1.807) is 4.90 Å². The van der Waals surface area contributed by atoms with Gasteiger partial charge in [-0.25, -0.2) is 0 Å². The van der Waals surface area contributed by atoms with E-state index >= 15 is 0 Å². The van der Waals surface area contributed by atoms with E-state index in [9.17, 15) is 14.7 Å². The number of carbonyl (C=O) groups is 2. The van der Waals surface area contributed by atoms with Crippen LogP contribution in [0.4, 0.5) is 5.69 Å². The van der Waals surface area contributed by atoms with E-state index < -0.39 is 0 Å². The normalized spacial score (nSPS) is 21.2. The van der Waals surface area contributed by atoms with Gasteiger partial charge in [-0.3, -0.25) is 14.5 Å². The molecule has 7 heteroatoms. The van der Waals surface area contributed by atoms with Crippen molar-refractivity contribution in [1.82, 2.24) is 9.80 Å². The summed E-state index contributed by atoms with van der Waals surface area (Å²) >= 11 is 0. The van der Waals surface area contributed by atoms with Crippen LogP contribution in [-0.2, 0) is 17.9 Å². The summed E-state index contributed by atoms with van der Waals surface area (Å²) in [5.74, 6) is 0.894. The van der Waals surface area contributed by atoms with Gasteiger partial charge in [0.1, 0.15) is 12.4 Å². The number of aliphatic hydroxyl groups is 1. The van der Waals surface area contributed by atoms with E-state index in [2.05, 4.69) is 17.0 Å². The highest BCUT2D eigenvalue weighted by atomic mass is 16.5. The molecule has 34 heavy (non-hydrogen) atoms. The second-order valence-corrected chi connectivity index (χ2v) is 9.52. The van der Waals surface area contributed by atoms with Gasteiger partial charge in [-0.1, -0.05) is 18.6 Å². The molecule has 7 nitrogen and oxygen atoms in total. The molecule has 1 N–H and O–H groups in total. The van der Waals surface area contributed by atoms with Crippen LogP contribution in [-0.4, -0.2) is 65.6 Å². The van der Waals surface area contributed by atoms with E-state index in [1.165, 1.54) is 12.0 Å². The molecule has 5 rings (SSSR count). The first-order chi connectivity index (χ1) is 16.6. The average molecular weight is 464 g/mol. The Hall–Kier alpha value is -2.90. The van der Waals surface area contributed by atoms with E-state index in [4.69, 9.17) is 4.74 Å². The Balaban J connectivity index is 1.32. The number of hydrogen-bond acceptors (Lipinski definition) is 5. The fraction of sp³-hybridized carbons (Fsp3) is 0.481. The largest absolute Gasteiger partial charge is 0.491 e. The summed E-state index contributed by atoms with van der Waals surface area (Å²) in [4.78, 5) is 31.5. The van der Waals surface area contributed by atoms with Gasteiger partial charge in [0.15, 0.2) is 0 Å². The lowest BCUT2D eigenvalue weighted by Crippen LogP contribution is -2.41. The average Bonchev–Trinajstić information content (AvgIpc) is 3.18. The van der Waals surface area contributed by atoms with Crippen molar-refractivity contribution in [2.24, 2.45) is 0 Å². The fourth-order valence-corrected chi connectivity index (χ4v) is 5.34. The Morgan fingerprint density at radius 2 is 1.97 bits per heavy atom. The number of rotatable bonds is 5. The van der Waals surface area contributed by atoms with Crippen molar-refractivity contribution in [2.45, 2.75) is 51.2 Å². The molecule has 2 fully saturated rings. The minimum absolute atomic E-state index is 0.0493. The van der Waals surface area contributed by atoms with Crippen molar-refractivity contribution in [1.29, 1.82) is 0 Å². The van der Waals surface area contributed by atoms with E-state index in [-0.39, 0.29) is 24.5 Å². The minimum Gasteiger partial charge on any atom is -0.491 e. The molecule has 3 heterocycles. The van der Waals surface area contributed by atoms with Crippen LogP contribution in [0.3, 0.4) is 0 Å². The van der Waals surface area contributed by atoms with Crippen LogP contribution in [0, 0.1) is 0 Å². The Morgan fingerprint density at radius 1 is 1.06 bits per heavy atom. The summed E-state index contributed by atoms with van der Waals surface area (Å²) in [6.45, 7) is 4.13. The van der Waals surface area contributed by atoms with Crippen LogP contribution in [0.2, 0.25) is 0 Å². The number of ether oxygens (including phenoxy) is 1. The van der Waals surface area contributed by atoms with Crippen molar-refractivity contribution >= 4 is 17.5 Å². The van der Waals surface area contributed by atoms with Gasteiger partial charge in [-0.15, -0.1) is 0 Å². The highest BCUT2D eigenvalue weighted by Gasteiger charge is 2.26. The number of piperidine rings is 1. The lowest BCUT2D eigenvalue weighted by Gasteiger charge is -2.34. The molecule has 2 aromatic rings.